The van der Waals surface area contributed by atoms with Gasteiger partial charge in [0.15, 0.2) is 0 Å². The summed E-state index contributed by atoms with van der Waals surface area (Å²) in [7, 11) is 0. The number of thiophene rings is 1. The van der Waals surface area contributed by atoms with Crippen molar-refractivity contribution in [1.29, 1.82) is 0 Å². The molecule has 0 aromatic carbocycles. The Morgan fingerprint density at radius 3 is 1.57 bits per heavy atom. The fourth-order valence-electron chi connectivity index (χ4n) is 0.227. The quantitative estimate of drug-likeness (QED) is 0.448. The summed E-state index contributed by atoms with van der Waals surface area (Å²) in [6.07, 6.45) is 8.00. The van der Waals surface area contributed by atoms with Crippen molar-refractivity contribution >= 4 is 11.3 Å². The van der Waals surface area contributed by atoms with E-state index in [1.807, 2.05) is 22.9 Å². The second-order valence-electron chi connectivity index (χ2n) is 0.793. The molecule has 1 heterocycles. The van der Waals surface area contributed by atoms with Gasteiger partial charge in [-0.2, -0.15) is 11.3 Å². The van der Waals surface area contributed by atoms with Crippen LogP contribution in [0.2, 0.25) is 0 Å². The molecule has 0 saturated carbocycles. The van der Waals surface area contributed by atoms with Gasteiger partial charge in [0.25, 0.3) is 0 Å². The number of hydrogen-bond donors (Lipinski definition) is 0. The topological polar surface area (TPSA) is 0 Å². The summed E-state index contributed by atoms with van der Waals surface area (Å²) in [6.45, 7) is 0. The predicted octanol–water partition coefficient (Wildman–Crippen LogP) is 2.00. The third-order valence-electron chi connectivity index (χ3n) is 0.425. The van der Waals surface area contributed by atoms with E-state index in [0.717, 1.165) is 0 Å². The molecule has 1 aromatic heterocycles. The first-order valence-corrected chi connectivity index (χ1v) is 2.75. The van der Waals surface area contributed by atoms with Crippen LogP contribution in [0.3, 0.4) is 0 Å². The molecule has 1 aromatic rings. The molecule has 0 aliphatic carbocycles. The minimum atomic E-state index is 1.71. The summed E-state index contributed by atoms with van der Waals surface area (Å²) in [5.74, 6) is 0. The fourth-order valence-corrected chi connectivity index (χ4v) is 0.680. The van der Waals surface area contributed by atoms with E-state index in [9.17, 15) is 0 Å². The zero-order valence-electron chi connectivity index (χ0n) is 3.87. The molecule has 7 heavy (non-hydrogen) atoms. The van der Waals surface area contributed by atoms with Crippen molar-refractivity contribution in [3.8, 4) is 12.8 Å². The third-order valence-corrected chi connectivity index (χ3v) is 1.05. The van der Waals surface area contributed by atoms with Crippen LogP contribution in [0.15, 0.2) is 22.9 Å². The Morgan fingerprint density at radius 1 is 1.00 bits per heavy atom. The zero-order chi connectivity index (χ0) is 5.54. The summed E-state index contributed by atoms with van der Waals surface area (Å²) < 4.78 is 0. The van der Waals surface area contributed by atoms with E-state index >= 15 is 0 Å². The Kier molecular flexibility index (Phi) is 4.70. The summed E-state index contributed by atoms with van der Waals surface area (Å²) >= 11 is 1.71. The van der Waals surface area contributed by atoms with Gasteiger partial charge in [-0.15, -0.1) is 12.8 Å². The molecule has 0 aliphatic heterocycles. The number of hydrogen-bond acceptors (Lipinski definition) is 1. The van der Waals surface area contributed by atoms with Gasteiger partial charge in [0.1, 0.15) is 0 Å². The van der Waals surface area contributed by atoms with Crippen molar-refractivity contribution in [1.82, 2.24) is 0 Å². The largest absolute Gasteiger partial charge is 0.152 e. The van der Waals surface area contributed by atoms with E-state index in [2.05, 4.69) is 12.8 Å². The molecule has 0 saturated heterocycles. The highest BCUT2D eigenvalue weighted by Crippen LogP contribution is 1.91. The molecule has 0 fully saturated rings. The normalized spacial score (nSPS) is 6.00. The van der Waals surface area contributed by atoms with Gasteiger partial charge in [0, 0.05) is 0 Å². The van der Waals surface area contributed by atoms with Gasteiger partial charge in [0.2, 0.25) is 0 Å². The van der Waals surface area contributed by atoms with Crippen LogP contribution in [0.5, 0.6) is 0 Å². The van der Waals surface area contributed by atoms with Gasteiger partial charge in [0.05, 0.1) is 0 Å². The lowest BCUT2D eigenvalue weighted by molar-refractivity contribution is 2.03. The molecule has 1 rings (SSSR count). The van der Waals surface area contributed by atoms with Crippen molar-refractivity contribution in [2.45, 2.75) is 0 Å². The average Bonchev–Trinajstić information content (AvgIpc) is 2.23. The Balaban J connectivity index is 0.000000162. The van der Waals surface area contributed by atoms with Crippen molar-refractivity contribution in [3.05, 3.63) is 22.9 Å². The van der Waals surface area contributed by atoms with Crippen LogP contribution in [0.1, 0.15) is 0 Å². The molecule has 1 heteroatoms. The molecule has 0 N–H and O–H groups in total. The van der Waals surface area contributed by atoms with Crippen molar-refractivity contribution in [3.63, 3.8) is 0 Å². The lowest BCUT2D eigenvalue weighted by atomic mass is 10.7. The molecule has 0 radical (unpaired) electrons. The molecule has 0 spiro atoms. The molecule has 0 nitrogen and oxygen atoms in total. The van der Waals surface area contributed by atoms with Crippen LogP contribution in [0, 0.1) is 12.8 Å². The first-order valence-electron chi connectivity index (χ1n) is 1.80. The molecule has 0 amide bonds. The van der Waals surface area contributed by atoms with E-state index in [0.29, 0.717) is 0 Å². The van der Waals surface area contributed by atoms with Crippen molar-refractivity contribution in [2.24, 2.45) is 0 Å². The fraction of sp³-hybridized carbons (Fsp3) is 0. The number of rotatable bonds is 0. The van der Waals surface area contributed by atoms with E-state index in [-0.39, 0.29) is 0 Å². The maximum atomic E-state index is 4.00. The second kappa shape index (κ2) is 5.26. The Hall–Kier alpha value is -0.740. The number of terminal acetylenes is 1. The van der Waals surface area contributed by atoms with Gasteiger partial charge >= 0.3 is 0 Å². The molecular weight excluding hydrogens is 104 g/mol. The van der Waals surface area contributed by atoms with Gasteiger partial charge in [-0.05, 0) is 10.8 Å². The maximum Gasteiger partial charge on any atom is -0.00934 e. The van der Waals surface area contributed by atoms with Gasteiger partial charge < -0.3 is 0 Å². The Bertz CT molecular complexity index is 87.8. The van der Waals surface area contributed by atoms with Crippen LogP contribution in [-0.2, 0) is 0 Å². The highest BCUT2D eigenvalue weighted by molar-refractivity contribution is 7.07. The predicted molar refractivity (Wildman–Crippen MR) is 34.2 cm³/mol. The van der Waals surface area contributed by atoms with Crippen LogP contribution in [0.4, 0.5) is 0 Å². The molecule has 0 atom stereocenters. The van der Waals surface area contributed by atoms with Gasteiger partial charge in [-0.1, -0.05) is 12.1 Å². The van der Waals surface area contributed by atoms with Gasteiger partial charge in [-0.3, -0.25) is 0 Å². The zero-order valence-corrected chi connectivity index (χ0v) is 4.69. The summed E-state index contributed by atoms with van der Waals surface area (Å²) in [4.78, 5) is 0. The van der Waals surface area contributed by atoms with E-state index < -0.39 is 0 Å². The highest BCUT2D eigenvalue weighted by atomic mass is 32.1. The molecule has 0 unspecified atom stereocenters. The summed E-state index contributed by atoms with van der Waals surface area (Å²) in [5.41, 5.74) is 0. The van der Waals surface area contributed by atoms with Crippen molar-refractivity contribution in [2.75, 3.05) is 0 Å². The smallest absolute Gasteiger partial charge is 0.00934 e. The van der Waals surface area contributed by atoms with Crippen LogP contribution >= 0.6 is 11.3 Å². The molecule has 36 valence electrons. The van der Waals surface area contributed by atoms with Crippen molar-refractivity contribution < 1.29 is 0 Å². The first kappa shape index (κ1) is 6.26. The van der Waals surface area contributed by atoms with E-state index in [4.69, 9.17) is 0 Å². The monoisotopic (exact) mass is 110 g/mol. The minimum absolute atomic E-state index is 1.71. The Morgan fingerprint density at radius 2 is 1.43 bits per heavy atom. The average molecular weight is 110 g/mol. The van der Waals surface area contributed by atoms with E-state index in [1.54, 1.807) is 11.3 Å². The van der Waals surface area contributed by atoms with Crippen LogP contribution < -0.4 is 0 Å². The lowest BCUT2D eigenvalue weighted by Crippen LogP contribution is -1.16. The van der Waals surface area contributed by atoms with Gasteiger partial charge in [-0.25, -0.2) is 0 Å². The summed E-state index contributed by atoms with van der Waals surface area (Å²) in [5, 5.41) is 4.08. The second-order valence-corrected chi connectivity index (χ2v) is 1.61. The molecule has 0 bridgehead atoms. The standard InChI is InChI=1S/C4H4S.C2H2/c1-2-4-5-3-1;1-2/h1-4H;1-2H. The maximum absolute atomic E-state index is 4.00. The minimum Gasteiger partial charge on any atom is -0.152 e. The summed E-state index contributed by atoms with van der Waals surface area (Å²) in [6, 6.07) is 4.04. The van der Waals surface area contributed by atoms with Crippen LogP contribution in [-0.4, -0.2) is 0 Å². The third kappa shape index (κ3) is 3.08. The Labute approximate surface area is 47.8 Å². The molecule has 0 aliphatic rings. The molecular formula is C6H6S. The van der Waals surface area contributed by atoms with E-state index in [1.165, 1.54) is 0 Å². The highest BCUT2D eigenvalue weighted by Gasteiger charge is 1.58. The first-order chi connectivity index (χ1) is 3.50. The SMILES string of the molecule is C#C.c1ccsc1. The lowest BCUT2D eigenvalue weighted by Gasteiger charge is -1.39. The van der Waals surface area contributed by atoms with Crippen LogP contribution in [0.25, 0.3) is 0 Å².